The third-order valence-corrected chi connectivity index (χ3v) is 13.0. The predicted octanol–water partition coefficient (Wildman–Crippen LogP) is 18.6. The lowest BCUT2D eigenvalue weighted by atomic mass is 10.0. The summed E-state index contributed by atoms with van der Waals surface area (Å²) in [4.78, 5) is 38.1. The largest absolute Gasteiger partial charge is 0.462 e. The molecule has 0 aliphatic heterocycles. The van der Waals surface area contributed by atoms with E-state index in [1.165, 1.54) is 218 Å². The van der Waals surface area contributed by atoms with E-state index < -0.39 is 6.10 Å². The molecule has 0 spiro atoms. The van der Waals surface area contributed by atoms with E-state index in [1.807, 2.05) is 0 Å². The Morgan fingerprint density at radius 1 is 0.302 bits per heavy atom. The Morgan fingerprint density at radius 2 is 0.524 bits per heavy atom. The third kappa shape index (κ3) is 51.3. The average Bonchev–Trinajstić information content (AvgIpc) is 3.27. The summed E-state index contributed by atoms with van der Waals surface area (Å²) in [5, 5.41) is 0. The normalized spacial score (nSPS) is 12.0. The number of carbonyl (C=O) groups is 3. The van der Waals surface area contributed by atoms with Crippen LogP contribution in [0.3, 0.4) is 0 Å². The number of esters is 3. The highest BCUT2D eigenvalue weighted by Crippen LogP contribution is 2.18. The summed E-state index contributed by atoms with van der Waals surface area (Å²) in [5.74, 6) is 0.0118. The van der Waals surface area contributed by atoms with Gasteiger partial charge in [0.15, 0.2) is 6.10 Å². The monoisotopic (exact) mass is 891 g/mol. The van der Waals surface area contributed by atoms with Crippen LogP contribution in [0.25, 0.3) is 0 Å². The molecule has 0 fully saturated rings. The molecule has 0 aromatic carbocycles. The van der Waals surface area contributed by atoms with Crippen molar-refractivity contribution in [1.29, 1.82) is 0 Å². The molecular formula is C57H110O6. The topological polar surface area (TPSA) is 78.9 Å². The maximum absolute atomic E-state index is 12.8. The second-order valence-corrected chi connectivity index (χ2v) is 20.1. The zero-order chi connectivity index (χ0) is 45.9. The Hall–Kier alpha value is -1.59. The van der Waals surface area contributed by atoms with Crippen molar-refractivity contribution >= 4 is 17.9 Å². The van der Waals surface area contributed by atoms with Crippen LogP contribution < -0.4 is 0 Å². The molecule has 1 atom stereocenters. The zero-order valence-corrected chi connectivity index (χ0v) is 43.0. The number of ether oxygens (including phenoxy) is 3. The summed E-state index contributed by atoms with van der Waals surface area (Å²) in [7, 11) is 0. The van der Waals surface area contributed by atoms with Crippen molar-refractivity contribution in [2.45, 2.75) is 329 Å². The molecule has 0 aliphatic carbocycles. The van der Waals surface area contributed by atoms with E-state index in [-0.39, 0.29) is 31.1 Å². The minimum Gasteiger partial charge on any atom is -0.462 e. The van der Waals surface area contributed by atoms with Gasteiger partial charge in [0, 0.05) is 19.3 Å². The van der Waals surface area contributed by atoms with Gasteiger partial charge >= 0.3 is 17.9 Å². The highest BCUT2D eigenvalue weighted by atomic mass is 16.6. The van der Waals surface area contributed by atoms with E-state index in [2.05, 4.69) is 27.7 Å². The summed E-state index contributed by atoms with van der Waals surface area (Å²) in [6.45, 7) is 9.06. The van der Waals surface area contributed by atoms with E-state index in [4.69, 9.17) is 14.2 Å². The van der Waals surface area contributed by atoms with Crippen molar-refractivity contribution < 1.29 is 28.6 Å². The van der Waals surface area contributed by atoms with Crippen molar-refractivity contribution in [3.8, 4) is 0 Å². The molecule has 0 saturated carbocycles. The maximum Gasteiger partial charge on any atom is 0.306 e. The van der Waals surface area contributed by atoms with Gasteiger partial charge in [0.25, 0.3) is 0 Å². The molecule has 63 heavy (non-hydrogen) atoms. The Labute approximate surface area is 393 Å². The van der Waals surface area contributed by atoms with Crippen LogP contribution in [0.1, 0.15) is 323 Å². The first-order valence-corrected chi connectivity index (χ1v) is 28.4. The van der Waals surface area contributed by atoms with Crippen LogP contribution in [0.4, 0.5) is 0 Å². The van der Waals surface area contributed by atoms with Gasteiger partial charge in [0.1, 0.15) is 13.2 Å². The van der Waals surface area contributed by atoms with E-state index in [0.717, 1.165) is 63.7 Å². The SMILES string of the molecule is CCCCCCCCCCCCCCCCC(=O)OC[C@@H](COC(=O)CCCCCCCCCCCCCCC)OC(=O)CCCCCCCCCCCCCCCCCC(C)C. The summed E-state index contributed by atoms with van der Waals surface area (Å²) in [6.07, 6.45) is 55.1. The summed E-state index contributed by atoms with van der Waals surface area (Å²) in [5.41, 5.74) is 0. The van der Waals surface area contributed by atoms with Crippen LogP contribution in [0.5, 0.6) is 0 Å². The molecular weight excluding hydrogens is 781 g/mol. The zero-order valence-electron chi connectivity index (χ0n) is 43.0. The van der Waals surface area contributed by atoms with Gasteiger partial charge < -0.3 is 14.2 Å². The second kappa shape index (κ2) is 51.4. The second-order valence-electron chi connectivity index (χ2n) is 20.1. The minimum absolute atomic E-state index is 0.0619. The number of unbranched alkanes of at least 4 members (excludes halogenated alkanes) is 39. The van der Waals surface area contributed by atoms with Crippen molar-refractivity contribution in [2.75, 3.05) is 13.2 Å². The Kier molecular flexibility index (Phi) is 50.1. The van der Waals surface area contributed by atoms with Crippen LogP contribution >= 0.6 is 0 Å². The van der Waals surface area contributed by atoms with E-state index in [1.54, 1.807) is 0 Å². The number of carbonyl (C=O) groups excluding carboxylic acids is 3. The standard InChI is InChI=1S/C57H110O6/c1-5-7-9-11-13-15-17-19-25-29-33-37-41-45-49-56(59)62-52-54(51-61-55(58)48-44-40-36-32-28-23-18-16-14-12-10-8-6-2)63-57(60)50-46-42-38-34-30-26-22-20-21-24-27-31-35-39-43-47-53(3)4/h53-54H,5-52H2,1-4H3/t54-/m1/s1. The maximum atomic E-state index is 12.8. The van der Waals surface area contributed by atoms with Gasteiger partial charge in [0.05, 0.1) is 0 Å². The van der Waals surface area contributed by atoms with Crippen LogP contribution in [0, 0.1) is 5.92 Å². The molecule has 0 amide bonds. The number of hydrogen-bond acceptors (Lipinski definition) is 6. The highest BCUT2D eigenvalue weighted by Gasteiger charge is 2.19. The first-order valence-electron chi connectivity index (χ1n) is 28.4. The molecule has 6 heteroatoms. The number of rotatable bonds is 52. The lowest BCUT2D eigenvalue weighted by Gasteiger charge is -2.18. The molecule has 0 radical (unpaired) electrons. The Morgan fingerprint density at radius 3 is 0.778 bits per heavy atom. The van der Waals surface area contributed by atoms with Gasteiger partial charge in [-0.15, -0.1) is 0 Å². The minimum atomic E-state index is -0.761. The van der Waals surface area contributed by atoms with Gasteiger partial charge in [-0.25, -0.2) is 0 Å². The van der Waals surface area contributed by atoms with E-state index >= 15 is 0 Å². The molecule has 0 unspecified atom stereocenters. The first kappa shape index (κ1) is 61.4. The molecule has 0 heterocycles. The van der Waals surface area contributed by atoms with Crippen LogP contribution in [-0.2, 0) is 28.6 Å². The van der Waals surface area contributed by atoms with Crippen LogP contribution in [0.2, 0.25) is 0 Å². The third-order valence-electron chi connectivity index (χ3n) is 13.0. The summed E-state index contributed by atoms with van der Waals surface area (Å²) >= 11 is 0. The van der Waals surface area contributed by atoms with Gasteiger partial charge in [-0.3, -0.25) is 14.4 Å². The number of hydrogen-bond donors (Lipinski definition) is 0. The fourth-order valence-corrected chi connectivity index (χ4v) is 8.75. The van der Waals surface area contributed by atoms with Gasteiger partial charge in [-0.1, -0.05) is 285 Å². The molecule has 0 bridgehead atoms. The molecule has 6 nitrogen and oxygen atoms in total. The van der Waals surface area contributed by atoms with E-state index in [0.29, 0.717) is 19.3 Å². The molecule has 0 aromatic heterocycles. The molecule has 0 aliphatic rings. The Balaban J connectivity index is 4.29. The van der Waals surface area contributed by atoms with Crippen molar-refractivity contribution in [1.82, 2.24) is 0 Å². The van der Waals surface area contributed by atoms with Crippen LogP contribution in [0.15, 0.2) is 0 Å². The van der Waals surface area contributed by atoms with E-state index in [9.17, 15) is 14.4 Å². The van der Waals surface area contributed by atoms with Crippen LogP contribution in [-0.4, -0.2) is 37.2 Å². The molecule has 0 saturated heterocycles. The smallest absolute Gasteiger partial charge is 0.306 e. The molecule has 0 aromatic rings. The quantitative estimate of drug-likeness (QED) is 0.0344. The molecule has 374 valence electrons. The fraction of sp³-hybridized carbons (Fsp3) is 0.947. The molecule has 0 rings (SSSR count). The van der Waals surface area contributed by atoms with Gasteiger partial charge in [-0.2, -0.15) is 0 Å². The molecule has 0 N–H and O–H groups in total. The fourth-order valence-electron chi connectivity index (χ4n) is 8.75. The first-order chi connectivity index (χ1) is 30.9. The lowest BCUT2D eigenvalue weighted by Crippen LogP contribution is -2.30. The van der Waals surface area contributed by atoms with Gasteiger partial charge in [-0.05, 0) is 25.2 Å². The van der Waals surface area contributed by atoms with Crippen molar-refractivity contribution in [2.24, 2.45) is 5.92 Å². The van der Waals surface area contributed by atoms with Crippen molar-refractivity contribution in [3.63, 3.8) is 0 Å². The lowest BCUT2D eigenvalue weighted by molar-refractivity contribution is -0.167. The highest BCUT2D eigenvalue weighted by molar-refractivity contribution is 5.71. The van der Waals surface area contributed by atoms with Crippen molar-refractivity contribution in [3.05, 3.63) is 0 Å². The summed E-state index contributed by atoms with van der Waals surface area (Å²) in [6, 6.07) is 0. The average molecular weight is 892 g/mol. The predicted molar refractivity (Wildman–Crippen MR) is 270 cm³/mol. The summed E-state index contributed by atoms with van der Waals surface area (Å²) < 4.78 is 16.9. The van der Waals surface area contributed by atoms with Gasteiger partial charge in [0.2, 0.25) is 0 Å². The Bertz CT molecular complexity index is 949.